The number of aromatic nitrogens is 1. The number of para-hydroxylation sites is 1. The van der Waals surface area contributed by atoms with Crippen molar-refractivity contribution in [1.82, 2.24) is 8.87 Å². The zero-order chi connectivity index (χ0) is 19.8. The Morgan fingerprint density at radius 2 is 1.93 bits per heavy atom. The van der Waals surface area contributed by atoms with Crippen LogP contribution in [0.3, 0.4) is 0 Å². The Bertz CT molecular complexity index is 1180. The summed E-state index contributed by atoms with van der Waals surface area (Å²) in [5.41, 5.74) is 0.269. The number of carbonyl (C=O) groups is 1. The number of hydrogen-bond donors (Lipinski definition) is 1. The molecule has 1 heterocycles. The van der Waals surface area contributed by atoms with Crippen LogP contribution in [0.1, 0.15) is 0 Å². The fourth-order valence-electron chi connectivity index (χ4n) is 2.46. The third-order valence-corrected chi connectivity index (χ3v) is 5.68. The Morgan fingerprint density at radius 3 is 2.59 bits per heavy atom. The summed E-state index contributed by atoms with van der Waals surface area (Å²) in [6.45, 7) is -0.417. The van der Waals surface area contributed by atoms with E-state index in [1.54, 1.807) is 6.07 Å². The Balaban J connectivity index is 1.92. The predicted octanol–water partition coefficient (Wildman–Crippen LogP) is 1.62. The van der Waals surface area contributed by atoms with Gasteiger partial charge >= 0.3 is 5.76 Å². The summed E-state index contributed by atoms with van der Waals surface area (Å²) in [6, 6.07) is 9.55. The minimum atomic E-state index is -3.70. The Labute approximate surface area is 153 Å². The molecule has 2 aromatic carbocycles. The lowest BCUT2D eigenvalue weighted by Crippen LogP contribution is -2.25. The van der Waals surface area contributed by atoms with E-state index in [1.165, 1.54) is 50.5 Å². The number of hydrogen-bond acceptors (Lipinski definition) is 5. The maximum absolute atomic E-state index is 13.6. The van der Waals surface area contributed by atoms with E-state index >= 15 is 0 Å². The first-order valence-electron chi connectivity index (χ1n) is 7.80. The summed E-state index contributed by atoms with van der Waals surface area (Å²) in [6.07, 6.45) is 0. The summed E-state index contributed by atoms with van der Waals surface area (Å²) in [4.78, 5) is 24.2. The van der Waals surface area contributed by atoms with Gasteiger partial charge in [0, 0.05) is 20.2 Å². The van der Waals surface area contributed by atoms with Crippen molar-refractivity contribution in [2.45, 2.75) is 11.4 Å². The van der Waals surface area contributed by atoms with Gasteiger partial charge in [-0.2, -0.15) is 0 Å². The van der Waals surface area contributed by atoms with E-state index in [-0.39, 0.29) is 21.7 Å². The fourth-order valence-corrected chi connectivity index (χ4v) is 3.38. The molecule has 8 nitrogen and oxygen atoms in total. The van der Waals surface area contributed by atoms with Crippen LogP contribution < -0.4 is 11.1 Å². The number of rotatable bonds is 5. The van der Waals surface area contributed by atoms with Crippen molar-refractivity contribution in [1.29, 1.82) is 0 Å². The highest BCUT2D eigenvalue weighted by Gasteiger charge is 2.20. The topological polar surface area (TPSA) is 102 Å². The molecule has 142 valence electrons. The number of anilines is 1. The standard InChI is InChI=1S/C17H16FN3O5S/c1-20(2)27(24,25)11-7-8-14-15(9-11)26-17(23)21(14)10-16(22)19-13-6-4-3-5-12(13)18/h3-9H,10H2,1-2H3,(H,19,22). The molecule has 10 heteroatoms. The first kappa shape index (κ1) is 18.8. The maximum Gasteiger partial charge on any atom is 0.420 e. The van der Waals surface area contributed by atoms with Gasteiger partial charge in [0.2, 0.25) is 15.9 Å². The average molecular weight is 393 g/mol. The maximum atomic E-state index is 13.6. The van der Waals surface area contributed by atoms with Gasteiger partial charge in [-0.25, -0.2) is 21.9 Å². The van der Waals surface area contributed by atoms with Crippen LogP contribution in [0.2, 0.25) is 0 Å². The Hall–Kier alpha value is -2.98. The number of fused-ring (bicyclic) bond motifs is 1. The molecule has 0 unspecified atom stereocenters. The molecule has 3 aromatic rings. The van der Waals surface area contributed by atoms with Gasteiger partial charge < -0.3 is 9.73 Å². The first-order chi connectivity index (χ1) is 12.7. The molecular formula is C17H16FN3O5S. The van der Waals surface area contributed by atoms with Gasteiger partial charge in [0.25, 0.3) is 0 Å². The summed E-state index contributed by atoms with van der Waals surface area (Å²) >= 11 is 0. The van der Waals surface area contributed by atoms with Crippen LogP contribution in [-0.4, -0.2) is 37.3 Å². The van der Waals surface area contributed by atoms with E-state index in [2.05, 4.69) is 5.32 Å². The van der Waals surface area contributed by atoms with E-state index in [4.69, 9.17) is 4.42 Å². The minimum Gasteiger partial charge on any atom is -0.408 e. The number of carbonyl (C=O) groups excluding carboxylic acids is 1. The van der Waals surface area contributed by atoms with Crippen molar-refractivity contribution in [2.24, 2.45) is 0 Å². The van der Waals surface area contributed by atoms with Crippen LogP contribution in [-0.2, 0) is 21.4 Å². The first-order valence-corrected chi connectivity index (χ1v) is 9.24. The van der Waals surface area contributed by atoms with Crippen molar-refractivity contribution in [3.05, 3.63) is 58.8 Å². The molecule has 0 spiro atoms. The van der Waals surface area contributed by atoms with E-state index in [0.717, 1.165) is 8.87 Å². The quantitative estimate of drug-likeness (QED) is 0.710. The van der Waals surface area contributed by atoms with Crippen LogP contribution in [0.4, 0.5) is 10.1 Å². The van der Waals surface area contributed by atoms with Crippen LogP contribution in [0.15, 0.2) is 56.6 Å². The molecule has 27 heavy (non-hydrogen) atoms. The van der Waals surface area contributed by atoms with Crippen molar-refractivity contribution >= 4 is 32.7 Å². The SMILES string of the molecule is CN(C)S(=O)(=O)c1ccc2c(c1)oc(=O)n2CC(=O)Nc1ccccc1F. The number of oxazole rings is 1. The summed E-state index contributed by atoms with van der Waals surface area (Å²) < 4.78 is 45.1. The van der Waals surface area contributed by atoms with Gasteiger partial charge in [-0.3, -0.25) is 9.36 Å². The normalized spacial score (nSPS) is 11.9. The second-order valence-electron chi connectivity index (χ2n) is 5.90. The smallest absolute Gasteiger partial charge is 0.408 e. The average Bonchev–Trinajstić information content (AvgIpc) is 2.91. The van der Waals surface area contributed by atoms with Gasteiger partial charge in [-0.1, -0.05) is 12.1 Å². The number of amides is 1. The van der Waals surface area contributed by atoms with E-state index in [9.17, 15) is 22.4 Å². The lowest BCUT2D eigenvalue weighted by atomic mass is 10.3. The molecule has 0 fully saturated rings. The zero-order valence-corrected chi connectivity index (χ0v) is 15.3. The lowest BCUT2D eigenvalue weighted by Gasteiger charge is -2.11. The Morgan fingerprint density at radius 1 is 1.22 bits per heavy atom. The molecule has 3 rings (SSSR count). The largest absolute Gasteiger partial charge is 0.420 e. The summed E-state index contributed by atoms with van der Waals surface area (Å²) in [5.74, 6) is -2.06. The molecule has 1 N–H and O–H groups in total. The highest BCUT2D eigenvalue weighted by Crippen LogP contribution is 2.20. The van der Waals surface area contributed by atoms with Crippen molar-refractivity contribution in [2.75, 3.05) is 19.4 Å². The highest BCUT2D eigenvalue weighted by molar-refractivity contribution is 7.89. The zero-order valence-electron chi connectivity index (χ0n) is 14.5. The van der Waals surface area contributed by atoms with Crippen LogP contribution in [0.5, 0.6) is 0 Å². The van der Waals surface area contributed by atoms with Crippen LogP contribution >= 0.6 is 0 Å². The molecule has 0 aliphatic heterocycles. The molecule has 0 aliphatic rings. The summed E-state index contributed by atoms with van der Waals surface area (Å²) in [5, 5.41) is 2.37. The molecular weight excluding hydrogens is 377 g/mol. The second kappa shape index (κ2) is 6.97. The van der Waals surface area contributed by atoms with Crippen LogP contribution in [0.25, 0.3) is 11.1 Å². The molecule has 0 aliphatic carbocycles. The predicted molar refractivity (Wildman–Crippen MR) is 96.4 cm³/mol. The molecule has 0 atom stereocenters. The molecule has 0 saturated heterocycles. The van der Waals surface area contributed by atoms with E-state index in [1.807, 2.05) is 0 Å². The van der Waals surface area contributed by atoms with Gasteiger partial charge in [-0.05, 0) is 24.3 Å². The van der Waals surface area contributed by atoms with Gasteiger partial charge in [0.1, 0.15) is 12.4 Å². The molecule has 1 amide bonds. The third kappa shape index (κ3) is 3.62. The highest BCUT2D eigenvalue weighted by atomic mass is 32.2. The minimum absolute atomic E-state index is 0.0114. The molecule has 0 radical (unpaired) electrons. The van der Waals surface area contributed by atoms with Crippen molar-refractivity contribution in [3.8, 4) is 0 Å². The number of halogens is 1. The van der Waals surface area contributed by atoms with Crippen LogP contribution in [0, 0.1) is 5.82 Å². The molecule has 0 bridgehead atoms. The summed E-state index contributed by atoms with van der Waals surface area (Å²) in [7, 11) is -0.934. The van der Waals surface area contributed by atoms with Crippen molar-refractivity contribution < 1.29 is 22.0 Å². The molecule has 0 saturated carbocycles. The van der Waals surface area contributed by atoms with Gasteiger partial charge in [0.15, 0.2) is 5.58 Å². The fraction of sp³-hybridized carbons (Fsp3) is 0.176. The molecule has 1 aromatic heterocycles. The number of sulfonamides is 1. The second-order valence-corrected chi connectivity index (χ2v) is 8.05. The van der Waals surface area contributed by atoms with Crippen molar-refractivity contribution in [3.63, 3.8) is 0 Å². The van der Waals surface area contributed by atoms with Gasteiger partial charge in [-0.15, -0.1) is 0 Å². The van der Waals surface area contributed by atoms with E-state index < -0.39 is 34.0 Å². The van der Waals surface area contributed by atoms with Gasteiger partial charge in [0.05, 0.1) is 16.1 Å². The number of nitrogens with one attached hydrogen (secondary N) is 1. The number of benzene rings is 2. The Kier molecular flexibility index (Phi) is 4.85. The monoisotopic (exact) mass is 393 g/mol. The third-order valence-electron chi connectivity index (χ3n) is 3.87. The lowest BCUT2D eigenvalue weighted by molar-refractivity contribution is -0.116. The number of nitrogens with zero attached hydrogens (tertiary/aromatic N) is 2. The van der Waals surface area contributed by atoms with E-state index in [0.29, 0.717) is 0 Å².